The van der Waals surface area contributed by atoms with Crippen LogP contribution >= 0.6 is 0 Å². The molecular formula is C26H31N3O5. The van der Waals surface area contributed by atoms with Crippen molar-refractivity contribution < 1.29 is 24.2 Å². The van der Waals surface area contributed by atoms with Crippen molar-refractivity contribution in [3.8, 4) is 11.1 Å². The summed E-state index contributed by atoms with van der Waals surface area (Å²) in [5.41, 5.74) is 4.40. The van der Waals surface area contributed by atoms with Crippen LogP contribution in [0.25, 0.3) is 11.1 Å². The van der Waals surface area contributed by atoms with Crippen LogP contribution < -0.4 is 5.32 Å². The molecule has 34 heavy (non-hydrogen) atoms. The van der Waals surface area contributed by atoms with Gasteiger partial charge >= 0.3 is 12.1 Å². The molecule has 0 saturated carbocycles. The van der Waals surface area contributed by atoms with E-state index in [9.17, 15) is 19.5 Å². The second-order valence-corrected chi connectivity index (χ2v) is 9.08. The van der Waals surface area contributed by atoms with Crippen LogP contribution in [-0.2, 0) is 14.3 Å². The minimum Gasteiger partial charge on any atom is -0.481 e. The number of hydrogen-bond acceptors (Lipinski definition) is 5. The van der Waals surface area contributed by atoms with E-state index in [1.165, 1.54) is 0 Å². The minimum absolute atomic E-state index is 0.0981. The van der Waals surface area contributed by atoms with Crippen LogP contribution in [0, 0.1) is 0 Å². The molecule has 2 aromatic carbocycles. The molecule has 1 atom stereocenters. The molecule has 4 rings (SSSR count). The Hall–Kier alpha value is -3.39. The number of aliphatic carboxylic acids is 1. The number of ether oxygens (including phenoxy) is 1. The molecule has 2 aliphatic rings. The Labute approximate surface area is 199 Å². The molecular weight excluding hydrogens is 434 g/mol. The van der Waals surface area contributed by atoms with E-state index >= 15 is 0 Å². The van der Waals surface area contributed by atoms with Gasteiger partial charge in [-0.1, -0.05) is 48.5 Å². The fraction of sp³-hybridized carbons (Fsp3) is 0.423. The molecule has 8 heteroatoms. The molecule has 180 valence electrons. The molecule has 2 N–H and O–H groups in total. The monoisotopic (exact) mass is 465 g/mol. The lowest BCUT2D eigenvalue weighted by Crippen LogP contribution is -2.56. The van der Waals surface area contributed by atoms with Crippen LogP contribution in [0.5, 0.6) is 0 Å². The van der Waals surface area contributed by atoms with Crippen LogP contribution in [0.2, 0.25) is 0 Å². The summed E-state index contributed by atoms with van der Waals surface area (Å²) in [4.78, 5) is 40.9. The zero-order chi connectivity index (χ0) is 24.2. The van der Waals surface area contributed by atoms with Crippen molar-refractivity contribution in [1.82, 2.24) is 15.1 Å². The normalized spacial score (nSPS) is 16.6. The fourth-order valence-corrected chi connectivity index (χ4v) is 4.84. The molecule has 2 amide bonds. The van der Waals surface area contributed by atoms with Crippen LogP contribution in [0.1, 0.15) is 37.3 Å². The van der Waals surface area contributed by atoms with Crippen molar-refractivity contribution in [3.05, 3.63) is 59.7 Å². The maximum absolute atomic E-state index is 13.0. The lowest BCUT2D eigenvalue weighted by Gasteiger charge is -2.38. The second kappa shape index (κ2) is 10.3. The third-order valence-electron chi connectivity index (χ3n) is 6.67. The van der Waals surface area contributed by atoms with Gasteiger partial charge < -0.3 is 20.1 Å². The first-order valence-corrected chi connectivity index (χ1v) is 11.7. The van der Waals surface area contributed by atoms with Crippen molar-refractivity contribution >= 4 is 18.0 Å². The third kappa shape index (κ3) is 5.07. The van der Waals surface area contributed by atoms with Crippen LogP contribution in [0.4, 0.5) is 4.79 Å². The van der Waals surface area contributed by atoms with Crippen LogP contribution in [-0.4, -0.2) is 77.7 Å². The second-order valence-electron chi connectivity index (χ2n) is 9.08. The van der Waals surface area contributed by atoms with Gasteiger partial charge in [-0.05, 0) is 36.1 Å². The first kappa shape index (κ1) is 23.8. The van der Waals surface area contributed by atoms with E-state index in [1.807, 2.05) is 36.4 Å². The highest BCUT2D eigenvalue weighted by molar-refractivity contribution is 5.89. The van der Waals surface area contributed by atoms with E-state index in [1.54, 1.807) is 4.90 Å². The number of benzene rings is 2. The van der Waals surface area contributed by atoms with E-state index in [0.717, 1.165) is 22.3 Å². The number of carbonyl (C=O) groups is 3. The van der Waals surface area contributed by atoms with Gasteiger partial charge in [-0.25, -0.2) is 4.79 Å². The summed E-state index contributed by atoms with van der Waals surface area (Å²) < 4.78 is 5.52. The largest absolute Gasteiger partial charge is 0.481 e. The Balaban J connectivity index is 1.39. The standard InChI is InChI=1S/C26H31N3O5/c1-17(2)28-11-13-29(14-12-28)25(32)23(15-24(30)31)27-26(33)34-16-22-20-9-5-3-7-18(20)19-8-4-6-10-21(19)22/h3-10,17,22-23H,11-16H2,1-2H3,(H,27,33)(H,30,31). The average molecular weight is 466 g/mol. The van der Waals surface area contributed by atoms with E-state index < -0.39 is 24.5 Å². The van der Waals surface area contributed by atoms with Gasteiger partial charge in [-0.2, -0.15) is 0 Å². The lowest BCUT2D eigenvalue weighted by atomic mass is 9.98. The molecule has 1 unspecified atom stereocenters. The average Bonchev–Trinajstić information content (AvgIpc) is 3.15. The van der Waals surface area contributed by atoms with Crippen molar-refractivity contribution in [1.29, 1.82) is 0 Å². The Bertz CT molecular complexity index is 1020. The van der Waals surface area contributed by atoms with Gasteiger partial charge in [0.25, 0.3) is 0 Å². The van der Waals surface area contributed by atoms with Gasteiger partial charge in [-0.15, -0.1) is 0 Å². The number of alkyl carbamates (subject to hydrolysis) is 1. The molecule has 1 heterocycles. The maximum atomic E-state index is 13.0. The lowest BCUT2D eigenvalue weighted by molar-refractivity contribution is -0.143. The SMILES string of the molecule is CC(C)N1CCN(C(=O)C(CC(=O)O)NC(=O)OCC2c3ccccc3-c3ccccc32)CC1. The van der Waals surface area contributed by atoms with Gasteiger partial charge in [0.1, 0.15) is 12.6 Å². The van der Waals surface area contributed by atoms with Gasteiger partial charge in [0.2, 0.25) is 5.91 Å². The first-order chi connectivity index (χ1) is 16.3. The predicted octanol–water partition coefficient (Wildman–Crippen LogP) is 2.92. The Morgan fingerprint density at radius 2 is 1.53 bits per heavy atom. The van der Waals surface area contributed by atoms with Crippen molar-refractivity contribution in [3.63, 3.8) is 0 Å². The summed E-state index contributed by atoms with van der Waals surface area (Å²) in [7, 11) is 0. The first-order valence-electron chi connectivity index (χ1n) is 11.7. The molecule has 8 nitrogen and oxygen atoms in total. The summed E-state index contributed by atoms with van der Waals surface area (Å²) >= 11 is 0. The molecule has 0 spiro atoms. The number of nitrogens with one attached hydrogen (secondary N) is 1. The maximum Gasteiger partial charge on any atom is 0.407 e. The summed E-state index contributed by atoms with van der Waals surface area (Å²) in [5, 5.41) is 11.8. The Morgan fingerprint density at radius 3 is 2.06 bits per heavy atom. The minimum atomic E-state index is -1.17. The number of carbonyl (C=O) groups excluding carboxylic acids is 2. The molecule has 1 aliphatic carbocycles. The summed E-state index contributed by atoms with van der Waals surface area (Å²) in [6.45, 7) is 6.73. The van der Waals surface area contributed by atoms with Gasteiger partial charge in [0.05, 0.1) is 6.42 Å². The highest BCUT2D eigenvalue weighted by Gasteiger charge is 2.33. The van der Waals surface area contributed by atoms with E-state index in [0.29, 0.717) is 32.2 Å². The number of amides is 2. The van der Waals surface area contributed by atoms with Crippen molar-refractivity contribution in [2.24, 2.45) is 0 Å². The molecule has 2 aromatic rings. The molecule has 1 aliphatic heterocycles. The summed E-state index contributed by atoms with van der Waals surface area (Å²) in [6, 6.07) is 15.2. The van der Waals surface area contributed by atoms with E-state index in [2.05, 4.69) is 36.2 Å². The van der Waals surface area contributed by atoms with E-state index in [-0.39, 0.29) is 18.4 Å². The number of hydrogen-bond donors (Lipinski definition) is 2. The highest BCUT2D eigenvalue weighted by Crippen LogP contribution is 2.44. The molecule has 1 saturated heterocycles. The van der Waals surface area contributed by atoms with Crippen molar-refractivity contribution in [2.75, 3.05) is 32.8 Å². The van der Waals surface area contributed by atoms with Gasteiger partial charge in [-0.3, -0.25) is 14.5 Å². The molecule has 0 bridgehead atoms. The van der Waals surface area contributed by atoms with E-state index in [4.69, 9.17) is 4.74 Å². The predicted molar refractivity (Wildman–Crippen MR) is 128 cm³/mol. The quantitative estimate of drug-likeness (QED) is 0.652. The number of fused-ring (bicyclic) bond motifs is 3. The fourth-order valence-electron chi connectivity index (χ4n) is 4.84. The van der Waals surface area contributed by atoms with Gasteiger partial charge in [0, 0.05) is 38.1 Å². The summed E-state index contributed by atoms with van der Waals surface area (Å²) in [6.07, 6.45) is -1.28. The molecule has 1 fully saturated rings. The number of carboxylic acids is 1. The van der Waals surface area contributed by atoms with Gasteiger partial charge in [0.15, 0.2) is 0 Å². The van der Waals surface area contributed by atoms with Crippen molar-refractivity contribution in [2.45, 2.75) is 38.3 Å². The van der Waals surface area contributed by atoms with Crippen LogP contribution in [0.3, 0.4) is 0 Å². The highest BCUT2D eigenvalue weighted by atomic mass is 16.5. The Morgan fingerprint density at radius 1 is 0.971 bits per heavy atom. The third-order valence-corrected chi connectivity index (χ3v) is 6.67. The molecule has 0 aromatic heterocycles. The number of carboxylic acid groups (broad SMARTS) is 1. The smallest absolute Gasteiger partial charge is 0.407 e. The summed E-state index contributed by atoms with van der Waals surface area (Å²) in [5.74, 6) is -1.66. The topological polar surface area (TPSA) is 99.2 Å². The molecule has 0 radical (unpaired) electrons. The number of piperazine rings is 1. The number of rotatable bonds is 7. The zero-order valence-electron chi connectivity index (χ0n) is 19.6. The zero-order valence-corrected chi connectivity index (χ0v) is 19.6. The van der Waals surface area contributed by atoms with Crippen LogP contribution in [0.15, 0.2) is 48.5 Å². The Kier molecular flexibility index (Phi) is 7.17. The number of nitrogens with zero attached hydrogens (tertiary/aromatic N) is 2.